The van der Waals surface area contributed by atoms with Gasteiger partial charge < -0.3 is 5.11 Å². The highest BCUT2D eigenvalue weighted by atomic mass is 16.3. The average molecular weight is 254 g/mol. The monoisotopic (exact) mass is 254 g/mol. The molecular weight excluding hydrogens is 232 g/mol. The summed E-state index contributed by atoms with van der Waals surface area (Å²) in [7, 11) is 0. The molecule has 0 fully saturated rings. The molecular formula is C18H22O. The molecule has 2 rings (SSSR count). The number of benzene rings is 2. The molecule has 0 aliphatic rings. The molecule has 0 bridgehead atoms. The van der Waals surface area contributed by atoms with Gasteiger partial charge in [-0.15, -0.1) is 0 Å². The van der Waals surface area contributed by atoms with Gasteiger partial charge in [-0.05, 0) is 48.1 Å². The van der Waals surface area contributed by atoms with Crippen LogP contribution in [-0.4, -0.2) is 5.11 Å². The fourth-order valence-electron chi connectivity index (χ4n) is 2.38. The van der Waals surface area contributed by atoms with Gasteiger partial charge in [-0.3, -0.25) is 0 Å². The molecule has 0 saturated heterocycles. The largest absolute Gasteiger partial charge is 0.388 e. The Bertz CT molecular complexity index is 540. The SMILES string of the molecule is CCc1ccc(CC(O)c2cccc(C)c2C)cc1. The quantitative estimate of drug-likeness (QED) is 0.869. The Balaban J connectivity index is 2.15. The van der Waals surface area contributed by atoms with E-state index in [0.29, 0.717) is 6.42 Å². The summed E-state index contributed by atoms with van der Waals surface area (Å²) in [6, 6.07) is 14.6. The lowest BCUT2D eigenvalue weighted by Gasteiger charge is -2.15. The lowest BCUT2D eigenvalue weighted by Crippen LogP contribution is -2.04. The van der Waals surface area contributed by atoms with Crippen molar-refractivity contribution in [2.24, 2.45) is 0 Å². The van der Waals surface area contributed by atoms with Crippen molar-refractivity contribution in [1.82, 2.24) is 0 Å². The van der Waals surface area contributed by atoms with Crippen LogP contribution in [0, 0.1) is 13.8 Å². The van der Waals surface area contributed by atoms with Crippen molar-refractivity contribution >= 4 is 0 Å². The van der Waals surface area contributed by atoms with E-state index in [-0.39, 0.29) is 0 Å². The molecule has 1 N–H and O–H groups in total. The molecule has 0 aliphatic heterocycles. The van der Waals surface area contributed by atoms with Crippen molar-refractivity contribution < 1.29 is 5.11 Å². The molecule has 0 saturated carbocycles. The number of rotatable bonds is 4. The molecule has 1 heteroatoms. The smallest absolute Gasteiger partial charge is 0.0833 e. The minimum atomic E-state index is -0.424. The van der Waals surface area contributed by atoms with E-state index in [1.165, 1.54) is 22.3 Å². The van der Waals surface area contributed by atoms with E-state index in [2.05, 4.69) is 51.1 Å². The van der Waals surface area contributed by atoms with Crippen LogP contribution in [0.4, 0.5) is 0 Å². The molecule has 0 spiro atoms. The van der Waals surface area contributed by atoms with E-state index in [1.807, 2.05) is 12.1 Å². The number of aryl methyl sites for hydroxylation is 2. The summed E-state index contributed by atoms with van der Waals surface area (Å²) in [5, 5.41) is 10.4. The molecule has 2 aromatic rings. The van der Waals surface area contributed by atoms with E-state index in [0.717, 1.165) is 12.0 Å². The second-order valence-electron chi connectivity index (χ2n) is 5.18. The first-order valence-electron chi connectivity index (χ1n) is 6.93. The first-order valence-corrected chi connectivity index (χ1v) is 6.93. The zero-order chi connectivity index (χ0) is 13.8. The first kappa shape index (κ1) is 13.8. The third kappa shape index (κ3) is 3.24. The third-order valence-corrected chi connectivity index (χ3v) is 3.87. The molecule has 0 aromatic heterocycles. The predicted molar refractivity (Wildman–Crippen MR) is 80.4 cm³/mol. The summed E-state index contributed by atoms with van der Waals surface area (Å²) in [5.74, 6) is 0. The Morgan fingerprint density at radius 3 is 2.21 bits per heavy atom. The van der Waals surface area contributed by atoms with Gasteiger partial charge in [0.25, 0.3) is 0 Å². The molecule has 1 atom stereocenters. The molecule has 0 radical (unpaired) electrons. The lowest BCUT2D eigenvalue weighted by atomic mass is 9.95. The van der Waals surface area contributed by atoms with Crippen LogP contribution in [0.5, 0.6) is 0 Å². The Morgan fingerprint density at radius 2 is 1.58 bits per heavy atom. The molecule has 2 aromatic carbocycles. The zero-order valence-electron chi connectivity index (χ0n) is 12.0. The second kappa shape index (κ2) is 6.03. The zero-order valence-corrected chi connectivity index (χ0v) is 12.0. The maximum absolute atomic E-state index is 10.4. The van der Waals surface area contributed by atoms with Gasteiger partial charge in [0.2, 0.25) is 0 Å². The van der Waals surface area contributed by atoms with Gasteiger partial charge in [0.05, 0.1) is 6.10 Å². The first-order chi connectivity index (χ1) is 9.11. The van der Waals surface area contributed by atoms with Crippen molar-refractivity contribution in [3.63, 3.8) is 0 Å². The highest BCUT2D eigenvalue weighted by Gasteiger charge is 2.12. The van der Waals surface area contributed by atoms with Crippen LogP contribution < -0.4 is 0 Å². The third-order valence-electron chi connectivity index (χ3n) is 3.87. The normalized spacial score (nSPS) is 12.4. The summed E-state index contributed by atoms with van der Waals surface area (Å²) < 4.78 is 0. The topological polar surface area (TPSA) is 20.2 Å². The number of aliphatic hydroxyl groups is 1. The van der Waals surface area contributed by atoms with Gasteiger partial charge in [0.15, 0.2) is 0 Å². The van der Waals surface area contributed by atoms with Gasteiger partial charge in [0, 0.05) is 6.42 Å². The standard InChI is InChI=1S/C18H22O/c1-4-15-8-10-16(11-9-15)12-18(19)17-7-5-6-13(2)14(17)3/h5-11,18-19H,4,12H2,1-3H3. The predicted octanol–water partition coefficient (Wildman–Crippen LogP) is 4.14. The van der Waals surface area contributed by atoms with Crippen molar-refractivity contribution in [1.29, 1.82) is 0 Å². The van der Waals surface area contributed by atoms with Crippen LogP contribution in [0.3, 0.4) is 0 Å². The molecule has 0 heterocycles. The number of aliphatic hydroxyl groups excluding tert-OH is 1. The van der Waals surface area contributed by atoms with Gasteiger partial charge >= 0.3 is 0 Å². The molecule has 0 amide bonds. The highest BCUT2D eigenvalue weighted by molar-refractivity contribution is 5.35. The van der Waals surface area contributed by atoms with Crippen molar-refractivity contribution in [2.75, 3.05) is 0 Å². The maximum atomic E-state index is 10.4. The van der Waals surface area contributed by atoms with Crippen molar-refractivity contribution in [3.05, 3.63) is 70.3 Å². The molecule has 1 nitrogen and oxygen atoms in total. The van der Waals surface area contributed by atoms with Crippen molar-refractivity contribution in [3.8, 4) is 0 Å². The number of hydrogen-bond donors (Lipinski definition) is 1. The lowest BCUT2D eigenvalue weighted by molar-refractivity contribution is 0.177. The van der Waals surface area contributed by atoms with Crippen LogP contribution in [0.1, 0.15) is 40.8 Å². The van der Waals surface area contributed by atoms with Crippen LogP contribution in [0.15, 0.2) is 42.5 Å². The van der Waals surface area contributed by atoms with Gasteiger partial charge in [-0.2, -0.15) is 0 Å². The summed E-state index contributed by atoms with van der Waals surface area (Å²) in [6.07, 6.45) is 1.31. The summed E-state index contributed by atoms with van der Waals surface area (Å²) in [4.78, 5) is 0. The molecule has 19 heavy (non-hydrogen) atoms. The Labute approximate surface area is 115 Å². The van der Waals surface area contributed by atoms with E-state index in [1.54, 1.807) is 0 Å². The van der Waals surface area contributed by atoms with Gasteiger partial charge in [-0.1, -0.05) is 49.4 Å². The minimum absolute atomic E-state index is 0.424. The Kier molecular flexibility index (Phi) is 4.39. The fourth-order valence-corrected chi connectivity index (χ4v) is 2.38. The summed E-state index contributed by atoms with van der Waals surface area (Å²) in [5.41, 5.74) is 5.99. The summed E-state index contributed by atoms with van der Waals surface area (Å²) >= 11 is 0. The molecule has 100 valence electrons. The minimum Gasteiger partial charge on any atom is -0.388 e. The summed E-state index contributed by atoms with van der Waals surface area (Å²) in [6.45, 7) is 6.32. The number of hydrogen-bond acceptors (Lipinski definition) is 1. The molecule has 0 aliphatic carbocycles. The van der Waals surface area contributed by atoms with Crippen LogP contribution in [0.25, 0.3) is 0 Å². The average Bonchev–Trinajstić information content (AvgIpc) is 2.42. The Morgan fingerprint density at radius 1 is 0.947 bits per heavy atom. The van der Waals surface area contributed by atoms with Gasteiger partial charge in [-0.25, -0.2) is 0 Å². The van der Waals surface area contributed by atoms with Crippen LogP contribution >= 0.6 is 0 Å². The van der Waals surface area contributed by atoms with E-state index in [9.17, 15) is 5.11 Å². The molecule has 1 unspecified atom stereocenters. The van der Waals surface area contributed by atoms with E-state index in [4.69, 9.17) is 0 Å². The van der Waals surface area contributed by atoms with Crippen molar-refractivity contribution in [2.45, 2.75) is 39.7 Å². The van der Waals surface area contributed by atoms with Crippen LogP contribution in [0.2, 0.25) is 0 Å². The van der Waals surface area contributed by atoms with Gasteiger partial charge in [0.1, 0.15) is 0 Å². The second-order valence-corrected chi connectivity index (χ2v) is 5.18. The van der Waals surface area contributed by atoms with E-state index >= 15 is 0 Å². The fraction of sp³-hybridized carbons (Fsp3) is 0.333. The van der Waals surface area contributed by atoms with E-state index < -0.39 is 6.10 Å². The Hall–Kier alpha value is -1.60. The maximum Gasteiger partial charge on any atom is 0.0833 e. The van der Waals surface area contributed by atoms with Crippen LogP contribution in [-0.2, 0) is 12.8 Å². The highest BCUT2D eigenvalue weighted by Crippen LogP contribution is 2.23.